The maximum atomic E-state index is 5.92. The van der Waals surface area contributed by atoms with Crippen molar-refractivity contribution >= 4 is 15.9 Å². The Morgan fingerprint density at radius 1 is 1.33 bits per heavy atom. The molecule has 102 valence electrons. The summed E-state index contributed by atoms with van der Waals surface area (Å²) in [6.07, 6.45) is 2.24. The van der Waals surface area contributed by atoms with Crippen LogP contribution >= 0.6 is 15.9 Å². The first-order chi connectivity index (χ1) is 8.65. The fraction of sp³-hybridized carbons (Fsp3) is 0.600. The quantitative estimate of drug-likeness (QED) is 0.719. The molecule has 0 spiro atoms. The van der Waals surface area contributed by atoms with Crippen LogP contribution in [0.2, 0.25) is 0 Å². The molecular weight excluding hydrogens is 290 g/mol. The molecule has 0 radical (unpaired) electrons. The first-order valence-electron chi connectivity index (χ1n) is 6.76. The van der Waals surface area contributed by atoms with E-state index in [-0.39, 0.29) is 0 Å². The zero-order chi connectivity index (χ0) is 13.4. The third kappa shape index (κ3) is 5.40. The number of halogens is 1. The van der Waals surface area contributed by atoms with Crippen molar-refractivity contribution in [1.29, 1.82) is 0 Å². The van der Waals surface area contributed by atoms with E-state index in [0.29, 0.717) is 5.92 Å². The fourth-order valence-electron chi connectivity index (χ4n) is 1.65. The second-order valence-electron chi connectivity index (χ2n) is 4.94. The second kappa shape index (κ2) is 8.54. The topological polar surface area (TPSA) is 21.3 Å². The van der Waals surface area contributed by atoms with Crippen LogP contribution in [0.1, 0.15) is 39.2 Å². The average molecular weight is 314 g/mol. The van der Waals surface area contributed by atoms with E-state index < -0.39 is 0 Å². The van der Waals surface area contributed by atoms with Crippen molar-refractivity contribution in [3.05, 3.63) is 28.2 Å². The van der Waals surface area contributed by atoms with Crippen LogP contribution in [0.15, 0.2) is 22.7 Å². The van der Waals surface area contributed by atoms with E-state index in [4.69, 9.17) is 4.74 Å². The zero-order valence-corrected chi connectivity index (χ0v) is 13.2. The smallest absolute Gasteiger partial charge is 0.137 e. The minimum Gasteiger partial charge on any atom is -0.492 e. The van der Waals surface area contributed by atoms with Gasteiger partial charge < -0.3 is 10.1 Å². The van der Waals surface area contributed by atoms with Gasteiger partial charge >= 0.3 is 0 Å². The molecule has 0 aromatic heterocycles. The van der Waals surface area contributed by atoms with Crippen molar-refractivity contribution in [3.63, 3.8) is 0 Å². The summed E-state index contributed by atoms with van der Waals surface area (Å²) in [6, 6.07) is 6.22. The molecule has 2 nitrogen and oxygen atoms in total. The highest BCUT2D eigenvalue weighted by atomic mass is 79.9. The first kappa shape index (κ1) is 15.5. The Kier molecular flexibility index (Phi) is 7.36. The predicted octanol–water partition coefficient (Wildman–Crippen LogP) is 4.37. The molecule has 0 aliphatic rings. The van der Waals surface area contributed by atoms with Gasteiger partial charge in [-0.15, -0.1) is 0 Å². The van der Waals surface area contributed by atoms with E-state index in [0.717, 1.165) is 42.8 Å². The Labute approximate surface area is 119 Å². The van der Waals surface area contributed by atoms with Gasteiger partial charge in [0.1, 0.15) is 5.75 Å². The summed E-state index contributed by atoms with van der Waals surface area (Å²) in [6.45, 7) is 9.29. The average Bonchev–Trinajstić information content (AvgIpc) is 2.32. The van der Waals surface area contributed by atoms with Gasteiger partial charge in [0.15, 0.2) is 0 Å². The molecule has 0 heterocycles. The molecule has 0 bridgehead atoms. The summed E-state index contributed by atoms with van der Waals surface area (Å²) < 4.78 is 6.97. The molecule has 1 aromatic carbocycles. The van der Waals surface area contributed by atoms with Crippen molar-refractivity contribution in [2.45, 2.75) is 40.2 Å². The van der Waals surface area contributed by atoms with Crippen molar-refractivity contribution in [3.8, 4) is 5.75 Å². The van der Waals surface area contributed by atoms with E-state index in [1.165, 1.54) is 5.56 Å². The summed E-state index contributed by atoms with van der Waals surface area (Å²) in [4.78, 5) is 0. The number of para-hydroxylation sites is 1. The molecule has 0 atom stereocenters. The molecule has 0 saturated heterocycles. The van der Waals surface area contributed by atoms with Crippen molar-refractivity contribution in [2.75, 3.05) is 13.2 Å². The number of nitrogens with one attached hydrogen (secondary N) is 1. The monoisotopic (exact) mass is 313 g/mol. The van der Waals surface area contributed by atoms with Gasteiger partial charge in [-0.3, -0.25) is 0 Å². The highest BCUT2D eigenvalue weighted by Gasteiger charge is 2.08. The van der Waals surface area contributed by atoms with Gasteiger partial charge in [-0.25, -0.2) is 0 Å². The molecule has 18 heavy (non-hydrogen) atoms. The second-order valence-corrected chi connectivity index (χ2v) is 5.79. The third-order valence-corrected chi connectivity index (χ3v) is 3.36. The van der Waals surface area contributed by atoms with Crippen LogP contribution in [0.3, 0.4) is 0 Å². The van der Waals surface area contributed by atoms with Crippen LogP contribution in [0.25, 0.3) is 0 Å². The lowest BCUT2D eigenvalue weighted by Crippen LogP contribution is -2.15. The summed E-state index contributed by atoms with van der Waals surface area (Å²) in [7, 11) is 0. The number of hydrogen-bond donors (Lipinski definition) is 1. The van der Waals surface area contributed by atoms with Gasteiger partial charge in [-0.1, -0.05) is 32.9 Å². The molecule has 0 fully saturated rings. The predicted molar refractivity (Wildman–Crippen MR) is 81.1 cm³/mol. The van der Waals surface area contributed by atoms with Crippen molar-refractivity contribution < 1.29 is 4.74 Å². The lowest BCUT2D eigenvalue weighted by molar-refractivity contribution is 0.284. The third-order valence-electron chi connectivity index (χ3n) is 2.73. The van der Waals surface area contributed by atoms with Gasteiger partial charge in [-0.05, 0) is 47.3 Å². The first-order valence-corrected chi connectivity index (χ1v) is 7.55. The lowest BCUT2D eigenvalue weighted by Gasteiger charge is -2.14. The molecular formula is C15H24BrNO. The highest BCUT2D eigenvalue weighted by molar-refractivity contribution is 9.10. The molecule has 1 N–H and O–H groups in total. The summed E-state index contributed by atoms with van der Waals surface area (Å²) in [5.74, 6) is 1.66. The lowest BCUT2D eigenvalue weighted by atomic mass is 10.1. The van der Waals surface area contributed by atoms with Gasteiger partial charge in [0.05, 0.1) is 11.1 Å². The number of hydrogen-bond acceptors (Lipinski definition) is 2. The van der Waals surface area contributed by atoms with Crippen LogP contribution in [-0.2, 0) is 6.54 Å². The minimum atomic E-state index is 0.675. The standard InChI is InChI=1S/C15H24BrNO/c1-4-9-17-11-13-6-5-7-14(16)15(13)18-10-8-12(2)3/h5-7,12,17H,4,8-11H2,1-3H3. The van der Waals surface area contributed by atoms with E-state index >= 15 is 0 Å². The Bertz CT molecular complexity index is 352. The molecule has 0 amide bonds. The molecule has 1 rings (SSSR count). The Balaban J connectivity index is 2.61. The van der Waals surface area contributed by atoms with Crippen LogP contribution in [0.5, 0.6) is 5.75 Å². The van der Waals surface area contributed by atoms with Crippen LogP contribution in [0, 0.1) is 5.92 Å². The van der Waals surface area contributed by atoms with Gasteiger partial charge in [0.2, 0.25) is 0 Å². The zero-order valence-electron chi connectivity index (χ0n) is 11.6. The van der Waals surface area contributed by atoms with Crippen molar-refractivity contribution in [1.82, 2.24) is 5.32 Å². The summed E-state index contributed by atoms with van der Waals surface area (Å²) >= 11 is 3.57. The molecule has 3 heteroatoms. The Morgan fingerprint density at radius 3 is 2.78 bits per heavy atom. The normalized spacial score (nSPS) is 10.9. The summed E-state index contributed by atoms with van der Waals surface area (Å²) in [5.41, 5.74) is 1.22. The van der Waals surface area contributed by atoms with Gasteiger partial charge in [-0.2, -0.15) is 0 Å². The van der Waals surface area contributed by atoms with E-state index in [9.17, 15) is 0 Å². The maximum absolute atomic E-state index is 5.92. The number of ether oxygens (including phenoxy) is 1. The van der Waals surface area contributed by atoms with Crippen LogP contribution < -0.4 is 10.1 Å². The fourth-order valence-corrected chi connectivity index (χ4v) is 2.17. The number of benzene rings is 1. The number of rotatable bonds is 8. The Morgan fingerprint density at radius 2 is 2.11 bits per heavy atom. The SMILES string of the molecule is CCCNCc1cccc(Br)c1OCCC(C)C. The Hall–Kier alpha value is -0.540. The van der Waals surface area contributed by atoms with Crippen molar-refractivity contribution in [2.24, 2.45) is 5.92 Å². The van der Waals surface area contributed by atoms with Gasteiger partial charge in [0.25, 0.3) is 0 Å². The highest BCUT2D eigenvalue weighted by Crippen LogP contribution is 2.29. The molecule has 0 saturated carbocycles. The molecule has 1 aromatic rings. The van der Waals surface area contributed by atoms with Gasteiger partial charge in [0, 0.05) is 12.1 Å². The van der Waals surface area contributed by atoms with Crippen LogP contribution in [0.4, 0.5) is 0 Å². The summed E-state index contributed by atoms with van der Waals surface area (Å²) in [5, 5.41) is 3.42. The molecule has 0 unspecified atom stereocenters. The van der Waals surface area contributed by atoms with E-state index in [1.807, 2.05) is 6.07 Å². The van der Waals surface area contributed by atoms with E-state index in [1.54, 1.807) is 0 Å². The maximum Gasteiger partial charge on any atom is 0.137 e. The molecule has 0 aliphatic heterocycles. The van der Waals surface area contributed by atoms with E-state index in [2.05, 4.69) is 54.2 Å². The molecule has 0 aliphatic carbocycles. The van der Waals surface area contributed by atoms with Crippen LogP contribution in [-0.4, -0.2) is 13.2 Å². The largest absolute Gasteiger partial charge is 0.492 e. The minimum absolute atomic E-state index is 0.675.